The molecule has 2 heterocycles. The number of nitrogens with one attached hydrogen (secondary N) is 1. The number of amides is 1. The van der Waals surface area contributed by atoms with E-state index in [2.05, 4.69) is 10.3 Å². The van der Waals surface area contributed by atoms with Gasteiger partial charge in [-0.05, 0) is 61.2 Å². The highest BCUT2D eigenvalue weighted by atomic mass is 35.5. The summed E-state index contributed by atoms with van der Waals surface area (Å²) in [4.78, 5) is 17.6. The minimum atomic E-state index is -0.711. The third kappa shape index (κ3) is 4.32. The zero-order valence-corrected chi connectivity index (χ0v) is 17.5. The lowest BCUT2D eigenvalue weighted by Gasteiger charge is -2.36. The third-order valence-electron chi connectivity index (χ3n) is 5.39. The first kappa shape index (κ1) is 20.4. The summed E-state index contributed by atoms with van der Waals surface area (Å²) >= 11 is 6.46. The van der Waals surface area contributed by atoms with Crippen molar-refractivity contribution in [2.75, 3.05) is 18.5 Å². The van der Waals surface area contributed by atoms with Crippen molar-refractivity contribution in [1.82, 2.24) is 4.98 Å². The fraction of sp³-hybridized carbons (Fsp3) is 0.250. The van der Waals surface area contributed by atoms with Gasteiger partial charge < -0.3 is 14.8 Å². The maximum absolute atomic E-state index is 13.4. The van der Waals surface area contributed by atoms with Crippen LogP contribution >= 0.6 is 11.6 Å². The van der Waals surface area contributed by atoms with E-state index in [0.717, 1.165) is 11.1 Å². The number of aryl methyl sites for hydroxylation is 1. The van der Waals surface area contributed by atoms with E-state index in [0.29, 0.717) is 48.4 Å². The first-order valence-electron chi connectivity index (χ1n) is 9.92. The van der Waals surface area contributed by atoms with Crippen LogP contribution in [0.4, 0.5) is 5.69 Å². The maximum Gasteiger partial charge on any atom is 0.235 e. The number of rotatable bonds is 5. The van der Waals surface area contributed by atoms with Crippen LogP contribution in [0.15, 0.2) is 66.9 Å². The first-order valence-corrected chi connectivity index (χ1v) is 10.3. The van der Waals surface area contributed by atoms with Crippen molar-refractivity contribution in [1.29, 1.82) is 0 Å². The van der Waals surface area contributed by atoms with Crippen molar-refractivity contribution >= 4 is 23.2 Å². The van der Waals surface area contributed by atoms with E-state index in [4.69, 9.17) is 21.1 Å². The molecule has 1 aliphatic heterocycles. The zero-order chi connectivity index (χ0) is 21.0. The molecule has 0 bridgehead atoms. The molecule has 1 N–H and O–H groups in total. The minimum absolute atomic E-state index is 0.0761. The van der Waals surface area contributed by atoms with Crippen LogP contribution in [0.25, 0.3) is 0 Å². The maximum atomic E-state index is 13.4. The molecule has 1 aliphatic rings. The van der Waals surface area contributed by atoms with Gasteiger partial charge in [-0.15, -0.1) is 0 Å². The number of hydrogen-bond donors (Lipinski definition) is 1. The zero-order valence-electron chi connectivity index (χ0n) is 16.7. The molecule has 0 radical (unpaired) electrons. The van der Waals surface area contributed by atoms with E-state index in [1.807, 2.05) is 67.6 Å². The van der Waals surface area contributed by atoms with E-state index in [1.54, 1.807) is 6.20 Å². The Morgan fingerprint density at radius 2 is 1.80 bits per heavy atom. The van der Waals surface area contributed by atoms with E-state index in [9.17, 15) is 4.79 Å². The van der Waals surface area contributed by atoms with Crippen molar-refractivity contribution in [2.24, 2.45) is 0 Å². The van der Waals surface area contributed by atoms with Crippen LogP contribution in [0.2, 0.25) is 5.02 Å². The molecule has 0 saturated carbocycles. The summed E-state index contributed by atoms with van der Waals surface area (Å²) in [7, 11) is 0. The molecule has 6 heteroatoms. The molecule has 154 valence electrons. The molecule has 2 aromatic carbocycles. The molecule has 1 aromatic heterocycles. The normalized spacial score (nSPS) is 15.4. The molecule has 1 saturated heterocycles. The number of pyridine rings is 1. The van der Waals surface area contributed by atoms with E-state index >= 15 is 0 Å². The summed E-state index contributed by atoms with van der Waals surface area (Å²) < 4.78 is 11.3. The van der Waals surface area contributed by atoms with Gasteiger partial charge in [0.05, 0.1) is 5.41 Å². The fourth-order valence-corrected chi connectivity index (χ4v) is 4.00. The number of ether oxygens (including phenoxy) is 2. The largest absolute Gasteiger partial charge is 0.439 e. The van der Waals surface area contributed by atoms with Gasteiger partial charge in [-0.1, -0.05) is 35.9 Å². The van der Waals surface area contributed by atoms with Crippen LogP contribution in [0.5, 0.6) is 11.6 Å². The van der Waals surface area contributed by atoms with Crippen molar-refractivity contribution in [3.63, 3.8) is 0 Å². The van der Waals surface area contributed by atoms with Crippen molar-refractivity contribution in [2.45, 2.75) is 25.2 Å². The monoisotopic (exact) mass is 422 g/mol. The van der Waals surface area contributed by atoms with Crippen LogP contribution in [0, 0.1) is 6.92 Å². The highest BCUT2D eigenvalue weighted by Crippen LogP contribution is 2.39. The molecule has 30 heavy (non-hydrogen) atoms. The van der Waals surface area contributed by atoms with Gasteiger partial charge in [0.15, 0.2) is 0 Å². The number of benzene rings is 2. The number of anilines is 1. The molecule has 0 atom stereocenters. The average molecular weight is 423 g/mol. The lowest BCUT2D eigenvalue weighted by Crippen LogP contribution is -2.45. The van der Waals surface area contributed by atoms with Gasteiger partial charge in [0.2, 0.25) is 11.8 Å². The van der Waals surface area contributed by atoms with Crippen molar-refractivity contribution in [3.8, 4) is 11.6 Å². The predicted molar refractivity (Wildman–Crippen MR) is 117 cm³/mol. The molecule has 0 unspecified atom stereocenters. The summed E-state index contributed by atoms with van der Waals surface area (Å²) in [6, 6.07) is 18.6. The smallest absolute Gasteiger partial charge is 0.235 e. The van der Waals surface area contributed by atoms with Crippen LogP contribution in [0.1, 0.15) is 24.0 Å². The van der Waals surface area contributed by atoms with Crippen LogP contribution < -0.4 is 10.1 Å². The van der Waals surface area contributed by atoms with Crippen molar-refractivity contribution < 1.29 is 14.3 Å². The molecule has 0 spiro atoms. The molecular formula is C24H23ClN2O3. The minimum Gasteiger partial charge on any atom is -0.439 e. The van der Waals surface area contributed by atoms with Gasteiger partial charge in [0.1, 0.15) is 5.75 Å². The Bertz CT molecular complexity index is 1010. The molecule has 1 amide bonds. The summed E-state index contributed by atoms with van der Waals surface area (Å²) in [5.41, 5.74) is 1.90. The molecular weight excluding hydrogens is 400 g/mol. The standard InChI is InChI=1S/C24H23ClN2O3/c1-17-6-11-22(26-16-17)30-19-9-7-18(8-10-19)27-23(28)24(12-14-29-15-13-24)20-4-2-3-5-21(20)25/h2-11,16H,12-15H2,1H3,(H,27,28). The lowest BCUT2D eigenvalue weighted by molar-refractivity contribution is -0.125. The molecule has 1 fully saturated rings. The third-order valence-corrected chi connectivity index (χ3v) is 5.72. The Labute approximate surface area is 181 Å². The highest BCUT2D eigenvalue weighted by Gasteiger charge is 2.43. The second-order valence-corrected chi connectivity index (χ2v) is 7.84. The lowest BCUT2D eigenvalue weighted by atomic mass is 9.73. The quantitative estimate of drug-likeness (QED) is 0.587. The number of nitrogens with zero attached hydrogens (tertiary/aromatic N) is 1. The molecule has 4 rings (SSSR count). The number of hydrogen-bond acceptors (Lipinski definition) is 4. The van der Waals surface area contributed by atoms with E-state index in [1.165, 1.54) is 0 Å². The van der Waals surface area contributed by atoms with Crippen LogP contribution in [-0.4, -0.2) is 24.1 Å². The number of aromatic nitrogens is 1. The van der Waals surface area contributed by atoms with Gasteiger partial charge in [-0.3, -0.25) is 4.79 Å². The fourth-order valence-electron chi connectivity index (χ4n) is 3.68. The van der Waals surface area contributed by atoms with Gasteiger partial charge in [-0.2, -0.15) is 0 Å². The summed E-state index contributed by atoms with van der Waals surface area (Å²) in [5.74, 6) is 1.10. The SMILES string of the molecule is Cc1ccc(Oc2ccc(NC(=O)C3(c4ccccc4Cl)CCOCC3)cc2)nc1. The molecule has 5 nitrogen and oxygen atoms in total. The Morgan fingerprint density at radius 3 is 2.47 bits per heavy atom. The van der Waals surface area contributed by atoms with Gasteiger partial charge in [-0.25, -0.2) is 4.98 Å². The topological polar surface area (TPSA) is 60.5 Å². The van der Waals surface area contributed by atoms with Gasteiger partial charge >= 0.3 is 0 Å². The number of carbonyl (C=O) groups is 1. The molecule has 0 aliphatic carbocycles. The first-order chi connectivity index (χ1) is 14.6. The van der Waals surface area contributed by atoms with Crippen LogP contribution in [-0.2, 0) is 14.9 Å². The number of halogens is 1. The van der Waals surface area contributed by atoms with E-state index in [-0.39, 0.29) is 5.91 Å². The Hall–Kier alpha value is -2.89. The van der Waals surface area contributed by atoms with Gasteiger partial charge in [0.25, 0.3) is 0 Å². The predicted octanol–water partition coefficient (Wildman–Crippen LogP) is 5.52. The summed E-state index contributed by atoms with van der Waals surface area (Å²) in [6.07, 6.45) is 2.93. The van der Waals surface area contributed by atoms with Crippen LogP contribution in [0.3, 0.4) is 0 Å². The Kier molecular flexibility index (Phi) is 6.02. The second-order valence-electron chi connectivity index (χ2n) is 7.43. The average Bonchev–Trinajstić information content (AvgIpc) is 2.77. The second kappa shape index (κ2) is 8.86. The van der Waals surface area contributed by atoms with E-state index < -0.39 is 5.41 Å². The summed E-state index contributed by atoms with van der Waals surface area (Å²) in [6.45, 7) is 3.02. The van der Waals surface area contributed by atoms with Gasteiger partial charge in [0, 0.05) is 36.2 Å². The summed E-state index contributed by atoms with van der Waals surface area (Å²) in [5, 5.41) is 3.65. The molecule has 3 aromatic rings. The Morgan fingerprint density at radius 1 is 1.07 bits per heavy atom. The highest BCUT2D eigenvalue weighted by molar-refractivity contribution is 6.31. The number of carbonyl (C=O) groups excluding carboxylic acids is 1. The Balaban J connectivity index is 1.51. The van der Waals surface area contributed by atoms with Crippen molar-refractivity contribution in [3.05, 3.63) is 83.0 Å².